The van der Waals surface area contributed by atoms with E-state index in [2.05, 4.69) is 10.6 Å². The third-order valence-electron chi connectivity index (χ3n) is 3.41. The first-order chi connectivity index (χ1) is 11.4. The fraction of sp³-hybridized carbons (Fsp3) is 0.235. The molecule has 0 unspecified atom stereocenters. The van der Waals surface area contributed by atoms with Gasteiger partial charge in [0.25, 0.3) is 0 Å². The van der Waals surface area contributed by atoms with Crippen LogP contribution in [-0.4, -0.2) is 39.4 Å². The molecule has 0 fully saturated rings. The van der Waals surface area contributed by atoms with Gasteiger partial charge in [0.15, 0.2) is 0 Å². The minimum atomic E-state index is -3.53. The van der Waals surface area contributed by atoms with Gasteiger partial charge in [0.05, 0.1) is 4.90 Å². The van der Waals surface area contributed by atoms with Crippen molar-refractivity contribution in [3.8, 4) is 0 Å². The van der Waals surface area contributed by atoms with Crippen molar-refractivity contribution in [3.63, 3.8) is 0 Å². The molecule has 0 saturated heterocycles. The van der Waals surface area contributed by atoms with Crippen molar-refractivity contribution in [3.05, 3.63) is 60.2 Å². The molecule has 0 aliphatic heterocycles. The molecule has 7 heteroatoms. The van der Waals surface area contributed by atoms with Crippen molar-refractivity contribution < 1.29 is 13.2 Å². The first-order valence-electron chi connectivity index (χ1n) is 7.51. The first kappa shape index (κ1) is 18.0. The number of anilines is 1. The van der Waals surface area contributed by atoms with Gasteiger partial charge in [0.2, 0.25) is 10.0 Å². The third kappa shape index (κ3) is 4.81. The monoisotopic (exact) mass is 347 g/mol. The van der Waals surface area contributed by atoms with Crippen molar-refractivity contribution in [2.75, 3.05) is 26.0 Å². The van der Waals surface area contributed by atoms with Gasteiger partial charge >= 0.3 is 6.03 Å². The van der Waals surface area contributed by atoms with Crippen LogP contribution in [0.25, 0.3) is 0 Å². The van der Waals surface area contributed by atoms with Gasteiger partial charge in [-0.25, -0.2) is 17.5 Å². The Bertz CT molecular complexity index is 790. The first-order valence-corrected chi connectivity index (χ1v) is 8.95. The smallest absolute Gasteiger partial charge is 0.319 e. The van der Waals surface area contributed by atoms with Crippen LogP contribution in [0.3, 0.4) is 0 Å². The van der Waals surface area contributed by atoms with E-state index in [1.165, 1.54) is 26.2 Å². The maximum atomic E-state index is 12.1. The summed E-state index contributed by atoms with van der Waals surface area (Å²) in [6.07, 6.45) is 0.726. The molecular formula is C17H21N3O3S. The highest BCUT2D eigenvalue weighted by molar-refractivity contribution is 7.89. The Morgan fingerprint density at radius 3 is 2.42 bits per heavy atom. The number of amides is 2. The Hall–Kier alpha value is -2.38. The molecular weight excluding hydrogens is 326 g/mol. The number of rotatable bonds is 6. The number of nitrogens with one attached hydrogen (secondary N) is 2. The lowest BCUT2D eigenvalue weighted by atomic mass is 10.1. The van der Waals surface area contributed by atoms with Crippen molar-refractivity contribution in [2.24, 2.45) is 0 Å². The fourth-order valence-electron chi connectivity index (χ4n) is 2.09. The largest absolute Gasteiger partial charge is 0.338 e. The van der Waals surface area contributed by atoms with Gasteiger partial charge in [-0.15, -0.1) is 0 Å². The molecule has 0 aliphatic rings. The molecule has 0 bridgehead atoms. The summed E-state index contributed by atoms with van der Waals surface area (Å²) in [6, 6.07) is 15.6. The van der Waals surface area contributed by atoms with Gasteiger partial charge in [-0.3, -0.25) is 0 Å². The fourth-order valence-corrected chi connectivity index (χ4v) is 3.03. The number of sulfonamides is 1. The number of hydrogen-bond acceptors (Lipinski definition) is 3. The van der Waals surface area contributed by atoms with E-state index < -0.39 is 10.0 Å². The van der Waals surface area contributed by atoms with Crippen LogP contribution in [0.5, 0.6) is 0 Å². The number of benzene rings is 2. The lowest BCUT2D eigenvalue weighted by Crippen LogP contribution is -2.30. The van der Waals surface area contributed by atoms with Crippen molar-refractivity contribution in [1.82, 2.24) is 9.62 Å². The predicted octanol–water partition coefficient (Wildman–Crippen LogP) is 2.30. The summed E-state index contributed by atoms with van der Waals surface area (Å²) in [5, 5.41) is 5.40. The Morgan fingerprint density at radius 1 is 1.04 bits per heavy atom. The SMILES string of the molecule is CN(C)S(=O)(=O)c1cccc(NC(=O)NCCc2ccccc2)c1. The van der Waals surface area contributed by atoms with Gasteiger partial charge in [-0.1, -0.05) is 36.4 Å². The lowest BCUT2D eigenvalue weighted by molar-refractivity contribution is 0.252. The van der Waals surface area contributed by atoms with E-state index in [1.54, 1.807) is 12.1 Å². The van der Waals surface area contributed by atoms with Crippen LogP contribution in [0.4, 0.5) is 10.5 Å². The van der Waals surface area contributed by atoms with Gasteiger partial charge in [-0.2, -0.15) is 0 Å². The molecule has 0 saturated carbocycles. The molecule has 24 heavy (non-hydrogen) atoms. The number of nitrogens with zero attached hydrogens (tertiary/aromatic N) is 1. The average molecular weight is 347 g/mol. The Labute approximate surface area is 142 Å². The minimum Gasteiger partial charge on any atom is -0.338 e. The highest BCUT2D eigenvalue weighted by Gasteiger charge is 2.17. The van der Waals surface area contributed by atoms with Gasteiger partial charge in [-0.05, 0) is 30.2 Å². The molecule has 128 valence electrons. The third-order valence-corrected chi connectivity index (χ3v) is 5.22. The van der Waals surface area contributed by atoms with E-state index in [0.29, 0.717) is 12.2 Å². The molecule has 0 radical (unpaired) electrons. The van der Waals surface area contributed by atoms with Crippen LogP contribution >= 0.6 is 0 Å². The Morgan fingerprint density at radius 2 is 1.75 bits per heavy atom. The van der Waals surface area contributed by atoms with E-state index in [-0.39, 0.29) is 10.9 Å². The van der Waals surface area contributed by atoms with E-state index >= 15 is 0 Å². The summed E-state index contributed by atoms with van der Waals surface area (Å²) < 4.78 is 25.3. The summed E-state index contributed by atoms with van der Waals surface area (Å²) >= 11 is 0. The highest BCUT2D eigenvalue weighted by Crippen LogP contribution is 2.17. The lowest BCUT2D eigenvalue weighted by Gasteiger charge is -2.13. The Balaban J connectivity index is 1.92. The van der Waals surface area contributed by atoms with Crippen LogP contribution in [0.1, 0.15) is 5.56 Å². The molecule has 2 aromatic rings. The zero-order chi connectivity index (χ0) is 17.6. The second kappa shape index (κ2) is 7.94. The molecule has 2 aromatic carbocycles. The summed E-state index contributed by atoms with van der Waals surface area (Å²) in [6.45, 7) is 0.492. The highest BCUT2D eigenvalue weighted by atomic mass is 32.2. The molecule has 2 rings (SSSR count). The standard InChI is InChI=1S/C17H21N3O3S/c1-20(2)24(22,23)16-10-6-9-15(13-16)19-17(21)18-12-11-14-7-4-3-5-8-14/h3-10,13H,11-12H2,1-2H3,(H2,18,19,21). The Kier molecular flexibility index (Phi) is 5.94. The van der Waals surface area contributed by atoms with Crippen LogP contribution in [0.2, 0.25) is 0 Å². The number of carbonyl (C=O) groups is 1. The number of hydrogen-bond donors (Lipinski definition) is 2. The minimum absolute atomic E-state index is 0.134. The van der Waals surface area contributed by atoms with E-state index in [1.807, 2.05) is 30.3 Å². The summed E-state index contributed by atoms with van der Waals surface area (Å²) in [5.74, 6) is 0. The van der Waals surface area contributed by atoms with E-state index in [4.69, 9.17) is 0 Å². The molecule has 0 aromatic heterocycles. The average Bonchev–Trinajstić information content (AvgIpc) is 2.56. The van der Waals surface area contributed by atoms with Gasteiger partial charge in [0, 0.05) is 26.3 Å². The maximum Gasteiger partial charge on any atom is 0.319 e. The second-order valence-electron chi connectivity index (χ2n) is 5.43. The zero-order valence-electron chi connectivity index (χ0n) is 13.7. The van der Waals surface area contributed by atoms with Crippen LogP contribution < -0.4 is 10.6 Å². The zero-order valence-corrected chi connectivity index (χ0v) is 14.5. The molecule has 2 N–H and O–H groups in total. The second-order valence-corrected chi connectivity index (χ2v) is 7.58. The van der Waals surface area contributed by atoms with Crippen molar-refractivity contribution >= 4 is 21.7 Å². The number of carbonyl (C=O) groups excluding carboxylic acids is 1. The van der Waals surface area contributed by atoms with Crippen molar-refractivity contribution in [1.29, 1.82) is 0 Å². The van der Waals surface area contributed by atoms with Crippen LogP contribution in [-0.2, 0) is 16.4 Å². The van der Waals surface area contributed by atoms with E-state index in [9.17, 15) is 13.2 Å². The molecule has 2 amide bonds. The molecule has 0 aliphatic carbocycles. The topological polar surface area (TPSA) is 78.5 Å². The van der Waals surface area contributed by atoms with Crippen LogP contribution in [0, 0.1) is 0 Å². The van der Waals surface area contributed by atoms with E-state index in [0.717, 1.165) is 16.3 Å². The van der Waals surface area contributed by atoms with Crippen molar-refractivity contribution in [2.45, 2.75) is 11.3 Å². The summed E-state index contributed by atoms with van der Waals surface area (Å²) in [5.41, 5.74) is 1.56. The summed E-state index contributed by atoms with van der Waals surface area (Å²) in [7, 11) is -0.599. The van der Waals surface area contributed by atoms with Gasteiger partial charge < -0.3 is 10.6 Å². The quantitative estimate of drug-likeness (QED) is 0.842. The van der Waals surface area contributed by atoms with Gasteiger partial charge in [0.1, 0.15) is 0 Å². The normalized spacial score (nSPS) is 11.3. The molecule has 0 atom stereocenters. The van der Waals surface area contributed by atoms with Crippen LogP contribution in [0.15, 0.2) is 59.5 Å². The summed E-state index contributed by atoms with van der Waals surface area (Å²) in [4.78, 5) is 12.0. The number of urea groups is 1. The molecule has 0 heterocycles. The molecule has 0 spiro atoms. The predicted molar refractivity (Wildman–Crippen MR) is 94.5 cm³/mol. The maximum absolute atomic E-state index is 12.1. The molecule has 6 nitrogen and oxygen atoms in total.